The van der Waals surface area contributed by atoms with Crippen molar-refractivity contribution in [3.8, 4) is 0 Å². The summed E-state index contributed by atoms with van der Waals surface area (Å²) in [7, 11) is 2.37. The number of carbonyl (C=O) groups excluding carboxylic acids is 1. The lowest BCUT2D eigenvalue weighted by atomic mass is 10.0. The highest BCUT2D eigenvalue weighted by Gasteiger charge is 1.97. The van der Waals surface area contributed by atoms with E-state index in [1.165, 1.54) is 18.8 Å². The first-order valence-electron chi connectivity index (χ1n) is 7.31. The van der Waals surface area contributed by atoms with Gasteiger partial charge in [-0.1, -0.05) is 56.3 Å². The fourth-order valence-electron chi connectivity index (χ4n) is 1.56. The lowest BCUT2D eigenvalue weighted by molar-refractivity contribution is -0.134. The van der Waals surface area contributed by atoms with Crippen molar-refractivity contribution in [1.29, 1.82) is 0 Å². The van der Waals surface area contributed by atoms with Gasteiger partial charge in [-0.15, -0.1) is 0 Å². The Morgan fingerprint density at radius 1 is 1.05 bits per heavy atom. The Hall–Kier alpha value is -2.13. The highest BCUT2D eigenvalue weighted by atomic mass is 16.5. The zero-order valence-electron chi connectivity index (χ0n) is 14.5. The van der Waals surface area contributed by atoms with Gasteiger partial charge in [0.2, 0.25) is 0 Å². The molecule has 1 rings (SSSR count). The van der Waals surface area contributed by atoms with Gasteiger partial charge in [0.1, 0.15) is 0 Å². The predicted octanol–water partition coefficient (Wildman–Crippen LogP) is 4.49. The fourth-order valence-corrected chi connectivity index (χ4v) is 1.56. The van der Waals surface area contributed by atoms with Crippen molar-refractivity contribution in [3.63, 3.8) is 0 Å². The minimum atomic E-state index is -0.345. The average molecular weight is 304 g/mol. The molecule has 22 heavy (non-hydrogen) atoms. The van der Waals surface area contributed by atoms with Crippen molar-refractivity contribution in [1.82, 2.24) is 0 Å². The van der Waals surface area contributed by atoms with E-state index in [0.29, 0.717) is 0 Å². The van der Waals surface area contributed by atoms with Crippen molar-refractivity contribution in [2.24, 2.45) is 0 Å². The summed E-state index contributed by atoms with van der Waals surface area (Å²) < 4.78 is 4.54. The van der Waals surface area contributed by atoms with E-state index in [-0.39, 0.29) is 5.97 Å². The summed E-state index contributed by atoms with van der Waals surface area (Å²) in [5.74, 6) is -0.345. The van der Waals surface area contributed by atoms with E-state index in [1.807, 2.05) is 58.0 Å². The van der Waals surface area contributed by atoms with Crippen LogP contribution >= 0.6 is 0 Å². The van der Waals surface area contributed by atoms with Gasteiger partial charge in [-0.2, -0.15) is 0 Å². The van der Waals surface area contributed by atoms with Crippen LogP contribution in [0.5, 0.6) is 0 Å². The molecule has 0 radical (unpaired) electrons. The van der Waals surface area contributed by atoms with Crippen LogP contribution in [-0.2, 0) is 9.53 Å². The second-order valence-corrected chi connectivity index (χ2v) is 3.72. The van der Waals surface area contributed by atoms with Crippen molar-refractivity contribution >= 4 is 17.6 Å². The molecule has 0 amide bonds. The van der Waals surface area contributed by atoms with Crippen LogP contribution in [0.1, 0.15) is 38.8 Å². The molecule has 3 nitrogen and oxygen atoms in total. The Labute approximate surface area is 134 Å². The van der Waals surface area contributed by atoms with Gasteiger partial charge in [0, 0.05) is 13.2 Å². The summed E-state index contributed by atoms with van der Waals surface area (Å²) in [5.41, 5.74) is 3.31. The number of aliphatic hydroxyl groups is 1. The molecule has 0 aliphatic rings. The van der Waals surface area contributed by atoms with Gasteiger partial charge in [-0.05, 0) is 36.6 Å². The third-order valence-corrected chi connectivity index (χ3v) is 2.51. The maximum atomic E-state index is 11.0. The highest BCUT2D eigenvalue weighted by Crippen LogP contribution is 2.17. The van der Waals surface area contributed by atoms with Gasteiger partial charge in [0.05, 0.1) is 7.11 Å². The molecule has 3 heteroatoms. The lowest BCUT2D eigenvalue weighted by Crippen LogP contribution is -1.93. The minimum absolute atomic E-state index is 0.345. The molecule has 1 aromatic carbocycles. The highest BCUT2D eigenvalue weighted by molar-refractivity contribution is 5.87. The Kier molecular flexibility index (Phi) is 15.4. The molecule has 0 unspecified atom stereocenters. The van der Waals surface area contributed by atoms with Crippen LogP contribution in [0.3, 0.4) is 0 Å². The standard InChI is InChI=1S/C16H18O2.C2H6.CH4O/c1-4-6-14(5-2)15-10-7-13(8-11-15)9-12-16(17)18-3;2*1-2/h4-12H,1-3H3;1-2H3;2H,1H3/b6-4-,12-9+,14-5+;;. The predicted molar refractivity (Wildman–Crippen MR) is 95.4 cm³/mol. The van der Waals surface area contributed by atoms with Crippen LogP contribution in [-0.4, -0.2) is 25.3 Å². The van der Waals surface area contributed by atoms with Crippen LogP contribution < -0.4 is 0 Å². The zero-order chi connectivity index (χ0) is 17.4. The molecule has 0 saturated carbocycles. The maximum Gasteiger partial charge on any atom is 0.330 e. The Morgan fingerprint density at radius 3 is 2.00 bits per heavy atom. The van der Waals surface area contributed by atoms with Gasteiger partial charge < -0.3 is 9.84 Å². The lowest BCUT2D eigenvalue weighted by Gasteiger charge is -2.02. The topological polar surface area (TPSA) is 46.5 Å². The molecule has 0 fully saturated rings. The second-order valence-electron chi connectivity index (χ2n) is 3.72. The third-order valence-electron chi connectivity index (χ3n) is 2.51. The molecule has 0 bridgehead atoms. The molecule has 0 heterocycles. The number of esters is 1. The number of ether oxygens (including phenoxy) is 1. The summed E-state index contributed by atoms with van der Waals surface area (Å²) in [4.78, 5) is 11.0. The van der Waals surface area contributed by atoms with Gasteiger partial charge in [0.15, 0.2) is 0 Å². The number of aliphatic hydroxyl groups excluding tert-OH is 1. The third kappa shape index (κ3) is 8.93. The molecule has 0 spiro atoms. The molecule has 0 aliphatic heterocycles. The molecule has 122 valence electrons. The average Bonchev–Trinajstić information content (AvgIpc) is 2.61. The molecule has 0 atom stereocenters. The number of allylic oxidation sites excluding steroid dienone is 4. The summed E-state index contributed by atoms with van der Waals surface area (Å²) in [6.07, 6.45) is 9.30. The monoisotopic (exact) mass is 304 g/mol. The molecule has 0 saturated heterocycles. The Bertz CT molecular complexity index is 480. The zero-order valence-corrected chi connectivity index (χ0v) is 14.5. The van der Waals surface area contributed by atoms with Crippen LogP contribution in [0, 0.1) is 0 Å². The van der Waals surface area contributed by atoms with Crippen LogP contribution in [0.4, 0.5) is 0 Å². The first-order chi connectivity index (χ1) is 10.7. The van der Waals surface area contributed by atoms with E-state index < -0.39 is 0 Å². The number of rotatable bonds is 4. The van der Waals surface area contributed by atoms with E-state index in [4.69, 9.17) is 5.11 Å². The normalized spacial score (nSPS) is 10.6. The summed E-state index contributed by atoms with van der Waals surface area (Å²) >= 11 is 0. The molecular weight excluding hydrogens is 276 g/mol. The Balaban J connectivity index is 0. The second kappa shape index (κ2) is 15.3. The minimum Gasteiger partial charge on any atom is -0.466 e. The summed E-state index contributed by atoms with van der Waals surface area (Å²) in [5, 5.41) is 7.00. The van der Waals surface area contributed by atoms with E-state index in [1.54, 1.807) is 6.08 Å². The quantitative estimate of drug-likeness (QED) is 0.506. The molecule has 1 aromatic rings. The van der Waals surface area contributed by atoms with Crippen molar-refractivity contribution in [2.75, 3.05) is 14.2 Å². The maximum absolute atomic E-state index is 11.0. The first kappa shape index (κ1) is 22.2. The molecular formula is C19H28O3. The van der Waals surface area contributed by atoms with Crippen LogP contribution in [0.2, 0.25) is 0 Å². The van der Waals surface area contributed by atoms with Crippen LogP contribution in [0.15, 0.2) is 48.6 Å². The van der Waals surface area contributed by atoms with Gasteiger partial charge in [-0.25, -0.2) is 4.79 Å². The van der Waals surface area contributed by atoms with Crippen molar-refractivity contribution in [3.05, 3.63) is 59.7 Å². The van der Waals surface area contributed by atoms with Gasteiger partial charge in [-0.3, -0.25) is 0 Å². The smallest absolute Gasteiger partial charge is 0.330 e. The number of carbonyl (C=O) groups is 1. The van der Waals surface area contributed by atoms with Crippen LogP contribution in [0.25, 0.3) is 11.6 Å². The molecule has 0 aromatic heterocycles. The number of benzene rings is 1. The Morgan fingerprint density at radius 2 is 1.59 bits per heavy atom. The van der Waals surface area contributed by atoms with E-state index >= 15 is 0 Å². The number of methoxy groups -OCH3 is 1. The van der Waals surface area contributed by atoms with Gasteiger partial charge >= 0.3 is 5.97 Å². The number of hydrogen-bond acceptors (Lipinski definition) is 3. The largest absolute Gasteiger partial charge is 0.466 e. The van der Waals surface area contributed by atoms with Crippen molar-refractivity contribution < 1.29 is 14.6 Å². The molecule has 0 aliphatic carbocycles. The van der Waals surface area contributed by atoms with E-state index in [9.17, 15) is 4.79 Å². The van der Waals surface area contributed by atoms with E-state index in [2.05, 4.69) is 16.9 Å². The van der Waals surface area contributed by atoms with E-state index in [0.717, 1.165) is 18.2 Å². The number of hydrogen-bond donors (Lipinski definition) is 1. The molecule has 1 N–H and O–H groups in total. The summed E-state index contributed by atoms with van der Waals surface area (Å²) in [6.45, 7) is 8.01. The summed E-state index contributed by atoms with van der Waals surface area (Å²) in [6, 6.07) is 8.02. The van der Waals surface area contributed by atoms with Crippen molar-refractivity contribution in [2.45, 2.75) is 27.7 Å². The first-order valence-corrected chi connectivity index (χ1v) is 7.31. The fraction of sp³-hybridized carbons (Fsp3) is 0.316. The SMILES string of the molecule is C/C=C\C(=C/C)c1ccc(/C=C/C(=O)OC)cc1.CC.CO. The van der Waals surface area contributed by atoms with Gasteiger partial charge in [0.25, 0.3) is 0 Å².